The van der Waals surface area contributed by atoms with E-state index in [2.05, 4.69) is 43.5 Å². The zero-order chi connectivity index (χ0) is 47.7. The van der Waals surface area contributed by atoms with Gasteiger partial charge in [-0.1, -0.05) is 62.9 Å². The van der Waals surface area contributed by atoms with Crippen molar-refractivity contribution in [2.45, 2.75) is 63.8 Å². The lowest BCUT2D eigenvalue weighted by atomic mass is 9.87. The zero-order valence-corrected chi connectivity index (χ0v) is 38.1. The number of rotatable bonds is 23. The molecule has 0 bridgehead atoms. The van der Waals surface area contributed by atoms with E-state index in [1.165, 1.54) is 13.8 Å². The molecule has 0 radical (unpaired) electrons. The molecule has 5 rings (SSSR count). The minimum atomic E-state index is -5.93. The fourth-order valence-electron chi connectivity index (χ4n) is 5.99. The second kappa shape index (κ2) is 22.1. The summed E-state index contributed by atoms with van der Waals surface area (Å²) in [6.45, 7) is 1.74. The van der Waals surface area contributed by atoms with Crippen molar-refractivity contribution in [2.75, 3.05) is 37.8 Å². The summed E-state index contributed by atoms with van der Waals surface area (Å²) in [5.41, 5.74) is 4.80. The normalized spacial score (nSPS) is 20.6. The third kappa shape index (κ3) is 14.9. The summed E-state index contributed by atoms with van der Waals surface area (Å²) in [6, 6.07) is 16.3. The van der Waals surface area contributed by atoms with E-state index in [0.29, 0.717) is 11.5 Å². The highest BCUT2D eigenvalue weighted by atomic mass is 32.2. The number of aliphatic hydroxyl groups is 2. The number of ether oxygens (including phenoxy) is 2. The van der Waals surface area contributed by atoms with Crippen LogP contribution in [0.4, 0.5) is 5.82 Å². The van der Waals surface area contributed by atoms with Gasteiger partial charge >= 0.3 is 0 Å². The minimum Gasteiger partial charge on any atom is -0.790 e. The van der Waals surface area contributed by atoms with E-state index in [1.54, 1.807) is 25.1 Å². The number of aliphatic hydroxyl groups excluding tert-OH is 2. The van der Waals surface area contributed by atoms with Gasteiger partial charge in [0, 0.05) is 30.7 Å². The van der Waals surface area contributed by atoms with Gasteiger partial charge in [0.05, 0.1) is 33.3 Å². The van der Waals surface area contributed by atoms with Crippen molar-refractivity contribution in [2.24, 2.45) is 5.41 Å². The molecule has 1 aliphatic heterocycles. The Labute approximate surface area is 374 Å². The number of benzene rings is 2. The molecule has 2 amide bonds. The van der Waals surface area contributed by atoms with Crippen LogP contribution in [0.3, 0.4) is 0 Å². The summed E-state index contributed by atoms with van der Waals surface area (Å²) >= 11 is 1.03. The molecule has 6 N–H and O–H groups in total. The van der Waals surface area contributed by atoms with Gasteiger partial charge in [0.25, 0.3) is 15.6 Å². The number of thioether (sulfide) groups is 1. The molecule has 4 aromatic rings. The van der Waals surface area contributed by atoms with Gasteiger partial charge in [-0.2, -0.15) is 0 Å². The first-order valence-electron chi connectivity index (χ1n) is 19.3. The Hall–Kier alpha value is -4.20. The van der Waals surface area contributed by atoms with Gasteiger partial charge in [-0.3, -0.25) is 28.1 Å². The number of phosphoric ester groups is 3. The van der Waals surface area contributed by atoms with E-state index in [9.17, 15) is 57.9 Å². The maximum atomic E-state index is 12.8. The van der Waals surface area contributed by atoms with Crippen LogP contribution in [0.2, 0.25) is 0 Å². The molecule has 1 aliphatic rings. The largest absolute Gasteiger partial charge is 0.790 e. The van der Waals surface area contributed by atoms with E-state index < -0.39 is 90.5 Å². The molecule has 1 saturated heterocycles. The molecule has 8 unspecified atom stereocenters. The number of phosphoric acid groups is 3. The number of fused-ring (bicyclic) bond motifs is 1. The lowest BCUT2D eigenvalue weighted by molar-refractivity contribution is -0.347. The summed E-state index contributed by atoms with van der Waals surface area (Å²) < 4.78 is 66.6. The summed E-state index contributed by atoms with van der Waals surface area (Å²) in [5, 5.41) is 26.3. The number of carbonyl (C=O) groups is 3. The van der Waals surface area contributed by atoms with Gasteiger partial charge in [-0.05, 0) is 29.8 Å². The molecule has 8 atom stereocenters. The molecule has 2 aromatic carbocycles. The SMILES string of the molecule is CC(C(=O)SCCNC(=O)CCNC(=O)C(O)C(C)(C)COP(=O)([O-])OP(=O)([O-])OCC1OC(n2cnc3c(N)ncnc32)C(O)C1OP(=O)([O-])[O-])c1cccc(Oc2ccccc2)c1. The van der Waals surface area contributed by atoms with E-state index in [4.69, 9.17) is 15.2 Å². The molecule has 3 heterocycles. The predicted octanol–water partition coefficient (Wildman–Crippen LogP) is -0.267. The first-order valence-corrected chi connectivity index (χ1v) is 24.6. The Kier molecular flexibility index (Phi) is 17.6. The van der Waals surface area contributed by atoms with Crippen LogP contribution >= 0.6 is 35.2 Å². The second-order valence-electron chi connectivity index (χ2n) is 14.9. The van der Waals surface area contributed by atoms with Crippen molar-refractivity contribution in [3.8, 4) is 11.5 Å². The Balaban J connectivity index is 1.02. The zero-order valence-electron chi connectivity index (χ0n) is 34.6. The molecule has 2 aromatic heterocycles. The molecule has 0 spiro atoms. The van der Waals surface area contributed by atoms with E-state index in [0.717, 1.165) is 34.5 Å². The number of imidazole rings is 1. The average Bonchev–Trinajstić information content (AvgIpc) is 3.80. The molecule has 1 fully saturated rings. The molecule has 65 heavy (non-hydrogen) atoms. The number of anilines is 1. The van der Waals surface area contributed by atoms with Gasteiger partial charge in [0.15, 0.2) is 22.8 Å². The maximum absolute atomic E-state index is 12.8. The molecule has 29 heteroatoms. The van der Waals surface area contributed by atoms with Crippen LogP contribution in [0.1, 0.15) is 44.9 Å². The Morgan fingerprint density at radius 3 is 2.37 bits per heavy atom. The quantitative estimate of drug-likeness (QED) is 0.0472. The molecular weight excluding hydrogens is 943 g/mol. The lowest BCUT2D eigenvalue weighted by Crippen LogP contribution is -2.46. The van der Waals surface area contributed by atoms with Crippen LogP contribution in [0.25, 0.3) is 11.2 Å². The van der Waals surface area contributed by atoms with Crippen molar-refractivity contribution in [1.82, 2.24) is 30.2 Å². The number of para-hydroxylation sites is 1. The smallest absolute Gasteiger partial charge is 0.274 e. The van der Waals surface area contributed by atoms with Crippen molar-refractivity contribution < 1.29 is 85.2 Å². The van der Waals surface area contributed by atoms with Gasteiger partial charge in [0.1, 0.15) is 47.8 Å². The van der Waals surface area contributed by atoms with E-state index in [-0.39, 0.29) is 47.4 Å². The molecule has 356 valence electrons. The highest BCUT2D eigenvalue weighted by Gasteiger charge is 2.47. The fraction of sp³-hybridized carbons (Fsp3) is 0.444. The summed E-state index contributed by atoms with van der Waals surface area (Å²) in [7, 11) is -17.7. The van der Waals surface area contributed by atoms with Crippen molar-refractivity contribution in [3.63, 3.8) is 0 Å². The summed E-state index contributed by atoms with van der Waals surface area (Å²) in [5.74, 6) is -0.569. The number of nitrogen functional groups attached to an aromatic ring is 1. The number of carbonyl (C=O) groups excluding carboxylic acids is 3. The van der Waals surface area contributed by atoms with Crippen molar-refractivity contribution in [1.29, 1.82) is 0 Å². The van der Waals surface area contributed by atoms with Crippen LogP contribution < -0.4 is 40.7 Å². The molecule has 0 aliphatic carbocycles. The number of nitrogens with two attached hydrogens (primary N) is 1. The topological polar surface area (TPSA) is 384 Å². The second-order valence-corrected chi connectivity index (χ2v) is 20.0. The van der Waals surface area contributed by atoms with Crippen LogP contribution in [-0.4, -0.2) is 103 Å². The van der Waals surface area contributed by atoms with Crippen LogP contribution in [0, 0.1) is 5.41 Å². The Morgan fingerprint density at radius 1 is 0.969 bits per heavy atom. The first-order chi connectivity index (χ1) is 30.4. The Bertz CT molecular complexity index is 2450. The van der Waals surface area contributed by atoms with Gasteiger partial charge in [0.2, 0.25) is 11.8 Å². The van der Waals surface area contributed by atoms with Crippen LogP contribution in [-0.2, 0) is 50.7 Å². The number of hydrogen-bond donors (Lipinski definition) is 5. The predicted molar refractivity (Wildman–Crippen MR) is 220 cm³/mol. The highest BCUT2D eigenvalue weighted by Crippen LogP contribution is 2.56. The summed E-state index contributed by atoms with van der Waals surface area (Å²) in [6.07, 6.45) is -7.68. The third-order valence-corrected chi connectivity index (χ3v) is 13.5. The Morgan fingerprint density at radius 2 is 1.66 bits per heavy atom. The van der Waals surface area contributed by atoms with Crippen LogP contribution in [0.15, 0.2) is 67.3 Å². The summed E-state index contributed by atoms with van der Waals surface area (Å²) in [4.78, 5) is 97.6. The van der Waals surface area contributed by atoms with Crippen LogP contribution in [0.5, 0.6) is 11.5 Å². The molecule has 25 nitrogen and oxygen atoms in total. The minimum absolute atomic E-state index is 0.0259. The average molecular weight is 988 g/mol. The first kappa shape index (κ1) is 51.8. The van der Waals surface area contributed by atoms with E-state index in [1.807, 2.05) is 36.4 Å². The number of hydrogen-bond acceptors (Lipinski definition) is 23. The van der Waals surface area contributed by atoms with Gasteiger partial charge in [-0.15, -0.1) is 0 Å². The monoisotopic (exact) mass is 987 g/mol. The molecule has 0 saturated carbocycles. The van der Waals surface area contributed by atoms with Crippen molar-refractivity contribution in [3.05, 3.63) is 72.8 Å². The van der Waals surface area contributed by atoms with Gasteiger partial charge in [-0.25, -0.2) is 19.3 Å². The fourth-order valence-corrected chi connectivity index (χ4v) is 9.52. The van der Waals surface area contributed by atoms with Gasteiger partial charge < -0.3 is 73.8 Å². The number of aromatic nitrogens is 4. The van der Waals surface area contributed by atoms with Crippen molar-refractivity contribution >= 4 is 69.1 Å². The number of nitrogens with one attached hydrogen (secondary N) is 2. The highest BCUT2D eigenvalue weighted by molar-refractivity contribution is 8.13. The third-order valence-electron chi connectivity index (χ3n) is 9.41. The standard InChI is InChI=1S/C36H48N7O18P3S/c1-21(22-8-7-11-24(16-22)58-23-9-5-4-6-10-23)35(48)65-15-14-38-26(44)12-13-39-33(47)30(46)36(2,3)18-57-64(54,55)61-63(52,53)56-17-25-29(60-62(49,50)51)28(45)34(59-25)43-20-42-27-31(37)40-19-41-32(27)43/h4-11,16,19-21,25,28-30,34,45-46H,12-15,17-18H2,1-3H3,(H,38,44)(H,39,47)(H,52,53)(H,54,55)(H2,37,40,41)(H2,49,50,51)/p-4. The lowest BCUT2D eigenvalue weighted by Gasteiger charge is -2.36. The van der Waals surface area contributed by atoms with E-state index >= 15 is 0 Å². The maximum Gasteiger partial charge on any atom is 0.274 e. The molecular formula is C36H44N7O18P3S-4. The number of amides is 2. The number of nitrogens with zero attached hydrogens (tertiary/aromatic N) is 4.